The molecule has 0 atom stereocenters. The number of benzene rings is 3. The molecule has 0 bridgehead atoms. The summed E-state index contributed by atoms with van der Waals surface area (Å²) in [7, 11) is 1.51. The van der Waals surface area contributed by atoms with Crippen molar-refractivity contribution in [3.05, 3.63) is 94.0 Å². The van der Waals surface area contributed by atoms with Crippen molar-refractivity contribution in [1.82, 2.24) is 5.43 Å². The molecule has 0 aliphatic heterocycles. The van der Waals surface area contributed by atoms with Crippen molar-refractivity contribution in [2.45, 2.75) is 6.92 Å². The predicted octanol–water partition coefficient (Wildman–Crippen LogP) is 4.64. The fourth-order valence-electron chi connectivity index (χ4n) is 2.59. The van der Waals surface area contributed by atoms with E-state index in [1.165, 1.54) is 13.3 Å². The molecule has 0 heterocycles. The van der Waals surface area contributed by atoms with E-state index in [4.69, 9.17) is 21.1 Å². The highest BCUT2D eigenvalue weighted by Crippen LogP contribution is 2.20. The van der Waals surface area contributed by atoms with Crippen LogP contribution in [0.25, 0.3) is 0 Å². The number of methoxy groups -OCH3 is 1. The molecule has 30 heavy (non-hydrogen) atoms. The zero-order valence-corrected chi connectivity index (χ0v) is 17.1. The molecule has 3 aromatic carbocycles. The second kappa shape index (κ2) is 9.71. The number of carbonyl (C=O) groups excluding carboxylic acids is 2. The number of hydrogen-bond donors (Lipinski definition) is 1. The first kappa shape index (κ1) is 21.1. The Bertz CT molecular complexity index is 1080. The molecule has 0 unspecified atom stereocenters. The molecule has 0 saturated carbocycles. The van der Waals surface area contributed by atoms with Crippen LogP contribution in [0.15, 0.2) is 71.8 Å². The molecule has 0 fully saturated rings. The predicted molar refractivity (Wildman–Crippen MR) is 116 cm³/mol. The van der Waals surface area contributed by atoms with Crippen LogP contribution in [0.2, 0.25) is 5.02 Å². The second-order valence-corrected chi connectivity index (χ2v) is 6.80. The molecule has 3 aromatic rings. The Morgan fingerprint density at radius 1 is 1.00 bits per heavy atom. The fourth-order valence-corrected chi connectivity index (χ4v) is 2.71. The summed E-state index contributed by atoms with van der Waals surface area (Å²) >= 11 is 5.81. The van der Waals surface area contributed by atoms with Gasteiger partial charge in [0.05, 0.1) is 24.5 Å². The van der Waals surface area contributed by atoms with Crippen molar-refractivity contribution in [2.24, 2.45) is 5.10 Å². The zero-order valence-electron chi connectivity index (χ0n) is 16.4. The van der Waals surface area contributed by atoms with Crippen LogP contribution in [0.1, 0.15) is 31.8 Å². The van der Waals surface area contributed by atoms with E-state index in [9.17, 15) is 9.59 Å². The van der Waals surface area contributed by atoms with Gasteiger partial charge in [-0.2, -0.15) is 5.10 Å². The Balaban J connectivity index is 1.59. The van der Waals surface area contributed by atoms with Crippen LogP contribution in [0.4, 0.5) is 0 Å². The number of halogens is 1. The molecular formula is C23H19ClN2O4. The van der Waals surface area contributed by atoms with Crippen LogP contribution in [-0.4, -0.2) is 25.2 Å². The van der Waals surface area contributed by atoms with Crippen LogP contribution in [0, 0.1) is 6.92 Å². The van der Waals surface area contributed by atoms with Gasteiger partial charge in [-0.25, -0.2) is 10.2 Å². The molecule has 0 aliphatic carbocycles. The molecule has 0 radical (unpaired) electrons. The second-order valence-electron chi connectivity index (χ2n) is 6.37. The maximum Gasteiger partial charge on any atom is 0.343 e. The van der Waals surface area contributed by atoms with Gasteiger partial charge in [0.15, 0.2) is 0 Å². The Kier molecular flexibility index (Phi) is 6.83. The number of aryl methyl sites for hydroxylation is 1. The van der Waals surface area contributed by atoms with Gasteiger partial charge in [-0.05, 0) is 78.7 Å². The van der Waals surface area contributed by atoms with E-state index in [-0.39, 0.29) is 5.91 Å². The lowest BCUT2D eigenvalue weighted by molar-refractivity contribution is 0.0734. The number of nitrogens with zero attached hydrogens (tertiary/aromatic N) is 1. The van der Waals surface area contributed by atoms with Crippen LogP contribution in [0.5, 0.6) is 11.5 Å². The lowest BCUT2D eigenvalue weighted by Gasteiger charge is -2.07. The summed E-state index contributed by atoms with van der Waals surface area (Å²) in [4.78, 5) is 24.4. The molecule has 1 N–H and O–H groups in total. The van der Waals surface area contributed by atoms with Gasteiger partial charge >= 0.3 is 5.97 Å². The Morgan fingerprint density at radius 2 is 1.70 bits per heavy atom. The van der Waals surface area contributed by atoms with Gasteiger partial charge in [0.1, 0.15) is 11.5 Å². The first-order chi connectivity index (χ1) is 14.5. The van der Waals surface area contributed by atoms with Crippen molar-refractivity contribution in [3.63, 3.8) is 0 Å². The summed E-state index contributed by atoms with van der Waals surface area (Å²) in [5, 5.41) is 4.51. The van der Waals surface area contributed by atoms with Gasteiger partial charge in [0.2, 0.25) is 0 Å². The summed E-state index contributed by atoms with van der Waals surface area (Å²) in [5.74, 6) is 0.0130. The zero-order chi connectivity index (χ0) is 21.5. The summed E-state index contributed by atoms with van der Waals surface area (Å²) in [5.41, 5.74) is 4.97. The lowest BCUT2D eigenvalue weighted by Crippen LogP contribution is -2.18. The molecule has 3 rings (SSSR count). The SMILES string of the molecule is COc1cc(C)ccc1C(=O)N/N=C\c1ccc(OC(=O)c2ccc(Cl)cc2)cc1. The first-order valence-electron chi connectivity index (χ1n) is 9.02. The third-order valence-corrected chi connectivity index (χ3v) is 4.40. The molecule has 0 spiro atoms. The van der Waals surface area contributed by atoms with Gasteiger partial charge in [-0.1, -0.05) is 17.7 Å². The summed E-state index contributed by atoms with van der Waals surface area (Å²) < 4.78 is 10.6. The molecule has 1 amide bonds. The van der Waals surface area contributed by atoms with E-state index in [1.807, 2.05) is 13.0 Å². The van der Waals surface area contributed by atoms with Crippen LogP contribution in [-0.2, 0) is 0 Å². The number of nitrogens with one attached hydrogen (secondary N) is 1. The normalized spacial score (nSPS) is 10.6. The highest BCUT2D eigenvalue weighted by atomic mass is 35.5. The van der Waals surface area contributed by atoms with Crippen molar-refractivity contribution in [1.29, 1.82) is 0 Å². The van der Waals surface area contributed by atoms with E-state index in [2.05, 4.69) is 10.5 Å². The number of ether oxygens (including phenoxy) is 2. The van der Waals surface area contributed by atoms with Crippen LogP contribution >= 0.6 is 11.6 Å². The standard InChI is InChI=1S/C23H19ClN2O4/c1-15-3-12-20(21(13-15)29-2)22(27)26-25-14-16-4-10-19(11-5-16)30-23(28)17-6-8-18(24)9-7-17/h3-14H,1-2H3,(H,26,27)/b25-14-. The molecule has 0 aliphatic rings. The van der Waals surface area contributed by atoms with Gasteiger partial charge in [-0.3, -0.25) is 4.79 Å². The fraction of sp³-hybridized carbons (Fsp3) is 0.0870. The average Bonchev–Trinajstić information content (AvgIpc) is 2.75. The molecular weight excluding hydrogens is 404 g/mol. The number of carbonyl (C=O) groups is 2. The molecule has 0 aromatic heterocycles. The maximum atomic E-state index is 12.3. The molecule has 6 nitrogen and oxygen atoms in total. The van der Waals surface area contributed by atoms with Crippen molar-refractivity contribution in [3.8, 4) is 11.5 Å². The third-order valence-electron chi connectivity index (χ3n) is 4.15. The van der Waals surface area contributed by atoms with E-state index >= 15 is 0 Å². The monoisotopic (exact) mass is 422 g/mol. The van der Waals surface area contributed by atoms with Crippen molar-refractivity contribution in [2.75, 3.05) is 7.11 Å². The summed E-state index contributed by atoms with van der Waals surface area (Å²) in [6, 6.07) is 18.4. The molecule has 7 heteroatoms. The first-order valence-corrected chi connectivity index (χ1v) is 9.40. The van der Waals surface area contributed by atoms with Gasteiger partial charge in [0, 0.05) is 5.02 Å². The number of hydrazone groups is 1. The largest absolute Gasteiger partial charge is 0.496 e. The summed E-state index contributed by atoms with van der Waals surface area (Å²) in [6.07, 6.45) is 1.49. The number of amides is 1. The van der Waals surface area contributed by atoms with E-state index in [0.717, 1.165) is 11.1 Å². The van der Waals surface area contributed by atoms with Gasteiger partial charge < -0.3 is 9.47 Å². The van der Waals surface area contributed by atoms with E-state index in [1.54, 1.807) is 60.7 Å². The van der Waals surface area contributed by atoms with Crippen molar-refractivity contribution >= 4 is 29.7 Å². The quantitative estimate of drug-likeness (QED) is 0.272. The van der Waals surface area contributed by atoms with Gasteiger partial charge in [0.25, 0.3) is 5.91 Å². The average molecular weight is 423 g/mol. The number of esters is 1. The smallest absolute Gasteiger partial charge is 0.343 e. The van der Waals surface area contributed by atoms with Crippen LogP contribution in [0.3, 0.4) is 0 Å². The minimum atomic E-state index is -0.479. The van der Waals surface area contributed by atoms with E-state index < -0.39 is 5.97 Å². The number of hydrogen-bond acceptors (Lipinski definition) is 5. The topological polar surface area (TPSA) is 77.0 Å². The van der Waals surface area contributed by atoms with E-state index in [0.29, 0.717) is 27.6 Å². The van der Waals surface area contributed by atoms with Crippen LogP contribution < -0.4 is 14.9 Å². The lowest BCUT2D eigenvalue weighted by atomic mass is 10.1. The Morgan fingerprint density at radius 3 is 2.37 bits per heavy atom. The minimum absolute atomic E-state index is 0.378. The number of rotatable bonds is 6. The minimum Gasteiger partial charge on any atom is -0.496 e. The Hall–Kier alpha value is -3.64. The third kappa shape index (κ3) is 5.46. The van der Waals surface area contributed by atoms with Gasteiger partial charge in [-0.15, -0.1) is 0 Å². The molecule has 152 valence electrons. The molecule has 0 saturated heterocycles. The highest BCUT2D eigenvalue weighted by molar-refractivity contribution is 6.30. The maximum absolute atomic E-state index is 12.3. The highest BCUT2D eigenvalue weighted by Gasteiger charge is 2.11. The Labute approximate surface area is 179 Å². The van der Waals surface area contributed by atoms with Crippen molar-refractivity contribution < 1.29 is 19.1 Å². The summed E-state index contributed by atoms with van der Waals surface area (Å²) in [6.45, 7) is 1.92.